The maximum Gasteiger partial charge on any atom is 0.0676 e. The Kier molecular flexibility index (Phi) is 4.10. The van der Waals surface area contributed by atoms with E-state index in [0.29, 0.717) is 0 Å². The van der Waals surface area contributed by atoms with Crippen molar-refractivity contribution in [1.29, 1.82) is 0 Å². The van der Waals surface area contributed by atoms with Gasteiger partial charge in [-0.25, -0.2) is 0 Å². The molecule has 0 saturated heterocycles. The van der Waals surface area contributed by atoms with Crippen LogP contribution in [0.3, 0.4) is 0 Å². The second-order valence-electron chi connectivity index (χ2n) is 1.53. The zero-order valence-electron chi connectivity index (χ0n) is 5.58. The highest BCUT2D eigenvalue weighted by Gasteiger charge is 1.84. The fraction of sp³-hybridized carbons (Fsp3) is 0.667. The van der Waals surface area contributed by atoms with Crippen LogP contribution in [-0.2, 0) is 0 Å². The molecule has 46 valence electrons. The number of nitrogens with one attached hydrogen (secondary N) is 2. The molecule has 0 spiro atoms. The summed E-state index contributed by atoms with van der Waals surface area (Å²) >= 11 is 0. The normalized spacial score (nSPS) is 11.4. The molecule has 0 amide bonds. The molecule has 0 saturated carbocycles. The number of rotatable bonds is 1. The predicted molar refractivity (Wildman–Crippen MR) is 35.4 cm³/mol. The lowest BCUT2D eigenvalue weighted by molar-refractivity contribution is 0.748. The standard InChI is InChI=1S/C6H12N2/c1-6(8-3)4-5-7-2/h6-8H,1-3H3. The molecule has 0 aliphatic rings. The van der Waals surface area contributed by atoms with Gasteiger partial charge in [-0.15, -0.1) is 0 Å². The largest absolute Gasteiger partial charge is 0.349 e. The Hall–Kier alpha value is -0.680. The molecule has 0 radical (unpaired) electrons. The molecular formula is C6H12N2. The highest BCUT2D eigenvalue weighted by molar-refractivity contribution is 5.03. The average Bonchev–Trinajstić information content (AvgIpc) is 1.83. The van der Waals surface area contributed by atoms with E-state index >= 15 is 0 Å². The lowest BCUT2D eigenvalue weighted by Gasteiger charge is -1.96. The van der Waals surface area contributed by atoms with Crippen molar-refractivity contribution in [3.05, 3.63) is 0 Å². The summed E-state index contributed by atoms with van der Waals surface area (Å²) in [4.78, 5) is 0. The van der Waals surface area contributed by atoms with Crippen molar-refractivity contribution in [2.24, 2.45) is 0 Å². The molecule has 0 rings (SSSR count). The van der Waals surface area contributed by atoms with Crippen molar-refractivity contribution < 1.29 is 0 Å². The van der Waals surface area contributed by atoms with Gasteiger partial charge in [0.25, 0.3) is 0 Å². The summed E-state index contributed by atoms with van der Waals surface area (Å²) in [7, 11) is 3.68. The van der Waals surface area contributed by atoms with Crippen LogP contribution in [0.25, 0.3) is 0 Å². The molecule has 0 aromatic rings. The van der Waals surface area contributed by atoms with E-state index in [1.54, 1.807) is 7.05 Å². The smallest absolute Gasteiger partial charge is 0.0676 e. The first-order valence-corrected chi connectivity index (χ1v) is 2.65. The van der Waals surface area contributed by atoms with Crippen LogP contribution >= 0.6 is 0 Å². The van der Waals surface area contributed by atoms with Gasteiger partial charge in [0.2, 0.25) is 0 Å². The molecule has 0 aliphatic carbocycles. The second kappa shape index (κ2) is 4.48. The number of hydrogen-bond donors (Lipinski definition) is 2. The summed E-state index contributed by atoms with van der Waals surface area (Å²) in [6.45, 7) is 2.00. The summed E-state index contributed by atoms with van der Waals surface area (Å²) in [5.74, 6) is 2.91. The molecule has 0 aromatic heterocycles. The minimum Gasteiger partial charge on any atom is -0.349 e. The summed E-state index contributed by atoms with van der Waals surface area (Å²) in [5.41, 5.74) is 0. The van der Waals surface area contributed by atoms with Gasteiger partial charge < -0.3 is 10.6 Å². The first kappa shape index (κ1) is 7.32. The Morgan fingerprint density at radius 1 is 1.38 bits per heavy atom. The molecule has 0 aliphatic heterocycles. The Labute approximate surface area is 50.7 Å². The van der Waals surface area contributed by atoms with E-state index in [1.807, 2.05) is 14.0 Å². The minimum absolute atomic E-state index is 0.280. The van der Waals surface area contributed by atoms with E-state index in [9.17, 15) is 0 Å². The molecule has 2 N–H and O–H groups in total. The van der Waals surface area contributed by atoms with Crippen molar-refractivity contribution in [2.45, 2.75) is 13.0 Å². The molecule has 0 bridgehead atoms. The van der Waals surface area contributed by atoms with Gasteiger partial charge in [-0.05, 0) is 14.0 Å². The monoisotopic (exact) mass is 112 g/mol. The van der Waals surface area contributed by atoms with Gasteiger partial charge in [0.1, 0.15) is 0 Å². The lowest BCUT2D eigenvalue weighted by atomic mass is 10.4. The van der Waals surface area contributed by atoms with E-state index < -0.39 is 0 Å². The molecule has 0 heterocycles. The van der Waals surface area contributed by atoms with Gasteiger partial charge in [0, 0.05) is 13.1 Å². The third kappa shape index (κ3) is 3.51. The average molecular weight is 112 g/mol. The molecule has 1 unspecified atom stereocenters. The summed E-state index contributed by atoms with van der Waals surface area (Å²) < 4.78 is 0. The second-order valence-corrected chi connectivity index (χ2v) is 1.53. The first-order chi connectivity index (χ1) is 3.81. The van der Waals surface area contributed by atoms with Gasteiger partial charge in [0.15, 0.2) is 0 Å². The molecule has 1 atom stereocenters. The Morgan fingerprint density at radius 3 is 2.38 bits per heavy atom. The maximum atomic E-state index is 2.99. The highest BCUT2D eigenvalue weighted by atomic mass is 14.8. The van der Waals surface area contributed by atoms with Crippen LogP contribution in [0.2, 0.25) is 0 Å². The van der Waals surface area contributed by atoms with Crippen LogP contribution in [-0.4, -0.2) is 20.1 Å². The molecular weight excluding hydrogens is 100 g/mol. The first-order valence-electron chi connectivity index (χ1n) is 2.65. The maximum absolute atomic E-state index is 2.99. The Morgan fingerprint density at radius 2 is 2.00 bits per heavy atom. The summed E-state index contributed by atoms with van der Waals surface area (Å²) in [6, 6.07) is 3.02. The fourth-order valence-electron chi connectivity index (χ4n) is 0.253. The molecule has 8 heavy (non-hydrogen) atoms. The van der Waals surface area contributed by atoms with Crippen LogP contribution in [0.4, 0.5) is 0 Å². The van der Waals surface area contributed by atoms with Gasteiger partial charge in [0.05, 0.1) is 6.04 Å². The SMILES string of the molecule is CNC#CC(C)NC. The van der Waals surface area contributed by atoms with E-state index in [-0.39, 0.29) is 6.04 Å². The van der Waals surface area contributed by atoms with Crippen LogP contribution in [0.5, 0.6) is 0 Å². The van der Waals surface area contributed by atoms with Gasteiger partial charge in [-0.3, -0.25) is 0 Å². The predicted octanol–water partition coefficient (Wildman–Crippen LogP) is -0.225. The van der Waals surface area contributed by atoms with Crippen molar-refractivity contribution in [3.8, 4) is 12.0 Å². The topological polar surface area (TPSA) is 24.1 Å². The molecule has 2 nitrogen and oxygen atoms in total. The molecule has 0 aromatic carbocycles. The minimum atomic E-state index is 0.280. The lowest BCUT2D eigenvalue weighted by Crippen LogP contribution is -2.19. The Balaban J connectivity index is 3.35. The van der Waals surface area contributed by atoms with E-state index in [0.717, 1.165) is 0 Å². The Bertz CT molecular complexity index is 98.8. The molecule has 2 heteroatoms. The van der Waals surface area contributed by atoms with Gasteiger partial charge >= 0.3 is 0 Å². The van der Waals surface area contributed by atoms with Crippen LogP contribution in [0.1, 0.15) is 6.92 Å². The van der Waals surface area contributed by atoms with E-state index in [1.165, 1.54) is 0 Å². The van der Waals surface area contributed by atoms with Crippen LogP contribution in [0.15, 0.2) is 0 Å². The molecule has 0 fully saturated rings. The van der Waals surface area contributed by atoms with E-state index in [4.69, 9.17) is 0 Å². The third-order valence-corrected chi connectivity index (χ3v) is 0.847. The zero-order valence-corrected chi connectivity index (χ0v) is 5.58. The summed E-state index contributed by atoms with van der Waals surface area (Å²) in [5, 5.41) is 5.72. The van der Waals surface area contributed by atoms with Crippen LogP contribution in [0, 0.1) is 12.0 Å². The van der Waals surface area contributed by atoms with Crippen LogP contribution < -0.4 is 10.6 Å². The van der Waals surface area contributed by atoms with Crippen molar-refractivity contribution >= 4 is 0 Å². The highest BCUT2D eigenvalue weighted by Crippen LogP contribution is 1.69. The zero-order chi connectivity index (χ0) is 6.41. The fourth-order valence-corrected chi connectivity index (χ4v) is 0.253. The van der Waals surface area contributed by atoms with Crippen molar-refractivity contribution in [2.75, 3.05) is 14.1 Å². The van der Waals surface area contributed by atoms with E-state index in [2.05, 4.69) is 22.6 Å². The van der Waals surface area contributed by atoms with Crippen molar-refractivity contribution in [1.82, 2.24) is 10.6 Å². The van der Waals surface area contributed by atoms with Gasteiger partial charge in [-0.2, -0.15) is 0 Å². The van der Waals surface area contributed by atoms with Crippen molar-refractivity contribution in [3.63, 3.8) is 0 Å². The quantitative estimate of drug-likeness (QED) is 0.362. The third-order valence-electron chi connectivity index (χ3n) is 0.847. The van der Waals surface area contributed by atoms with Gasteiger partial charge in [-0.1, -0.05) is 5.92 Å². The number of hydrogen-bond acceptors (Lipinski definition) is 2. The summed E-state index contributed by atoms with van der Waals surface area (Å²) in [6.07, 6.45) is 0.